The van der Waals surface area contributed by atoms with Gasteiger partial charge in [0.1, 0.15) is 16.9 Å². The van der Waals surface area contributed by atoms with Crippen molar-refractivity contribution in [3.8, 4) is 5.75 Å². The van der Waals surface area contributed by atoms with Crippen LogP contribution in [0.2, 0.25) is 0 Å². The Morgan fingerprint density at radius 1 is 1.28 bits per heavy atom. The number of nitrogens with one attached hydrogen (secondary N) is 1. The van der Waals surface area contributed by atoms with Crippen molar-refractivity contribution in [3.05, 3.63) is 29.0 Å². The van der Waals surface area contributed by atoms with Gasteiger partial charge in [-0.05, 0) is 51.2 Å². The van der Waals surface area contributed by atoms with E-state index in [4.69, 9.17) is 9.15 Å². The smallest absolute Gasteiger partial charge is 0.287 e. The Bertz CT molecular complexity index is 858. The Labute approximate surface area is 146 Å². The van der Waals surface area contributed by atoms with E-state index in [2.05, 4.69) is 5.32 Å². The van der Waals surface area contributed by atoms with Crippen LogP contribution < -0.4 is 10.1 Å². The van der Waals surface area contributed by atoms with Crippen LogP contribution in [-0.4, -0.2) is 23.8 Å². The number of carbonyl (C=O) groups is 2. The van der Waals surface area contributed by atoms with Crippen LogP contribution in [0.25, 0.3) is 11.0 Å². The lowest BCUT2D eigenvalue weighted by molar-refractivity contribution is 0.0454. The van der Waals surface area contributed by atoms with Crippen LogP contribution in [0.1, 0.15) is 71.9 Å². The summed E-state index contributed by atoms with van der Waals surface area (Å²) in [7, 11) is 0. The molecule has 1 spiro atoms. The van der Waals surface area contributed by atoms with E-state index in [9.17, 15) is 9.59 Å². The molecule has 1 N–H and O–H groups in total. The maximum Gasteiger partial charge on any atom is 0.287 e. The van der Waals surface area contributed by atoms with Crippen molar-refractivity contribution in [1.82, 2.24) is 5.32 Å². The van der Waals surface area contributed by atoms with Gasteiger partial charge in [-0.15, -0.1) is 0 Å². The minimum Gasteiger partial charge on any atom is -0.486 e. The van der Waals surface area contributed by atoms with E-state index in [-0.39, 0.29) is 23.1 Å². The first-order chi connectivity index (χ1) is 12.0. The first-order valence-electron chi connectivity index (χ1n) is 9.11. The molecular weight excluding hydrogens is 318 g/mol. The highest BCUT2D eigenvalue weighted by molar-refractivity contribution is 6.13. The molecular formula is C20H23NO4. The maximum absolute atomic E-state index is 12.9. The lowest BCUT2D eigenvalue weighted by Gasteiger charge is -2.34. The molecule has 25 heavy (non-hydrogen) atoms. The number of hydrogen-bond acceptors (Lipinski definition) is 4. The van der Waals surface area contributed by atoms with Crippen molar-refractivity contribution in [2.45, 2.75) is 58.0 Å². The molecule has 0 unspecified atom stereocenters. The minimum absolute atomic E-state index is 0.0955. The van der Waals surface area contributed by atoms with Gasteiger partial charge in [0, 0.05) is 17.5 Å². The van der Waals surface area contributed by atoms with Gasteiger partial charge in [-0.25, -0.2) is 0 Å². The molecule has 0 atom stereocenters. The van der Waals surface area contributed by atoms with Crippen molar-refractivity contribution in [2.75, 3.05) is 6.54 Å². The van der Waals surface area contributed by atoms with Crippen LogP contribution in [0.15, 0.2) is 16.5 Å². The molecule has 1 aromatic heterocycles. The monoisotopic (exact) mass is 341 g/mol. The zero-order valence-corrected chi connectivity index (χ0v) is 14.7. The summed E-state index contributed by atoms with van der Waals surface area (Å²) in [5, 5.41) is 3.55. The number of ketones is 1. The number of aryl methyl sites for hydroxylation is 1. The first kappa shape index (κ1) is 16.2. The second-order valence-electron chi connectivity index (χ2n) is 7.22. The van der Waals surface area contributed by atoms with E-state index >= 15 is 0 Å². The van der Waals surface area contributed by atoms with E-state index in [1.165, 1.54) is 0 Å². The second-order valence-corrected chi connectivity index (χ2v) is 7.22. The third-order valence-corrected chi connectivity index (χ3v) is 5.40. The predicted molar refractivity (Wildman–Crippen MR) is 94.3 cm³/mol. The van der Waals surface area contributed by atoms with E-state index in [1.807, 2.05) is 19.9 Å². The summed E-state index contributed by atoms with van der Waals surface area (Å²) in [6, 6.07) is 3.62. The first-order valence-corrected chi connectivity index (χ1v) is 9.11. The van der Waals surface area contributed by atoms with Gasteiger partial charge in [-0.3, -0.25) is 9.59 Å². The molecule has 0 bridgehead atoms. The number of hydrogen-bond donors (Lipinski definition) is 1. The van der Waals surface area contributed by atoms with Gasteiger partial charge in [0.25, 0.3) is 5.91 Å². The Morgan fingerprint density at radius 2 is 2.04 bits per heavy atom. The van der Waals surface area contributed by atoms with Crippen LogP contribution in [0.3, 0.4) is 0 Å². The lowest BCUT2D eigenvalue weighted by atomic mass is 9.87. The Balaban J connectivity index is 1.80. The quantitative estimate of drug-likeness (QED) is 0.910. The highest BCUT2D eigenvalue weighted by Crippen LogP contribution is 2.46. The molecule has 5 nitrogen and oxygen atoms in total. The molecule has 5 heteroatoms. The standard InChI is InChI=1S/C20H23NO4/c1-3-10-21-19(23)18-12(2)16-14(24-18)6-7-15-17(16)13(22)11-20(25-15)8-4-5-9-20/h6-7H,3-5,8-11H2,1-2H3,(H,21,23). The number of fused-ring (bicyclic) bond motifs is 3. The summed E-state index contributed by atoms with van der Waals surface area (Å²) in [4.78, 5) is 25.3. The largest absolute Gasteiger partial charge is 0.486 e. The zero-order chi connectivity index (χ0) is 17.6. The molecule has 2 aliphatic rings. The average molecular weight is 341 g/mol. The van der Waals surface area contributed by atoms with Gasteiger partial charge in [0.15, 0.2) is 11.5 Å². The van der Waals surface area contributed by atoms with E-state index in [0.717, 1.165) is 37.5 Å². The summed E-state index contributed by atoms with van der Waals surface area (Å²) >= 11 is 0. The van der Waals surface area contributed by atoms with Gasteiger partial charge in [0.2, 0.25) is 0 Å². The van der Waals surface area contributed by atoms with Crippen LogP contribution in [-0.2, 0) is 0 Å². The molecule has 0 radical (unpaired) electrons. The molecule has 4 rings (SSSR count). The summed E-state index contributed by atoms with van der Waals surface area (Å²) in [6.45, 7) is 4.43. The fourth-order valence-electron chi connectivity index (χ4n) is 4.17. The van der Waals surface area contributed by atoms with Crippen molar-refractivity contribution in [1.29, 1.82) is 0 Å². The van der Waals surface area contributed by atoms with Crippen LogP contribution >= 0.6 is 0 Å². The number of carbonyl (C=O) groups excluding carboxylic acids is 2. The SMILES string of the molecule is CCCNC(=O)c1oc2ccc3c(c2c1C)C(=O)CC1(CCCC1)O3. The van der Waals surface area contributed by atoms with Crippen LogP contribution in [0, 0.1) is 6.92 Å². The topological polar surface area (TPSA) is 68.5 Å². The minimum atomic E-state index is -0.323. The molecule has 1 aromatic carbocycles. The third-order valence-electron chi connectivity index (χ3n) is 5.40. The zero-order valence-electron chi connectivity index (χ0n) is 14.7. The van der Waals surface area contributed by atoms with Gasteiger partial charge in [-0.2, -0.15) is 0 Å². The van der Waals surface area contributed by atoms with Crippen molar-refractivity contribution in [3.63, 3.8) is 0 Å². The molecule has 1 fully saturated rings. The average Bonchev–Trinajstić information content (AvgIpc) is 3.17. The van der Waals surface area contributed by atoms with E-state index in [0.29, 0.717) is 35.4 Å². The van der Waals surface area contributed by atoms with Crippen LogP contribution in [0.4, 0.5) is 0 Å². The van der Waals surface area contributed by atoms with Gasteiger partial charge >= 0.3 is 0 Å². The van der Waals surface area contributed by atoms with E-state index in [1.54, 1.807) is 6.07 Å². The molecule has 2 heterocycles. The highest BCUT2D eigenvalue weighted by Gasteiger charge is 2.43. The number of benzene rings is 1. The maximum atomic E-state index is 12.9. The summed E-state index contributed by atoms with van der Waals surface area (Å²) in [6.07, 6.45) is 5.36. The van der Waals surface area contributed by atoms with Crippen molar-refractivity contribution in [2.24, 2.45) is 0 Å². The number of ether oxygens (including phenoxy) is 1. The second kappa shape index (κ2) is 5.90. The van der Waals surface area contributed by atoms with E-state index < -0.39 is 0 Å². The normalized spacial score (nSPS) is 18.4. The molecule has 1 amide bonds. The predicted octanol–water partition coefficient (Wildman–Crippen LogP) is 4.16. The summed E-state index contributed by atoms with van der Waals surface area (Å²) in [5.74, 6) is 0.778. The molecule has 1 saturated carbocycles. The highest BCUT2D eigenvalue weighted by atomic mass is 16.5. The Kier molecular flexibility index (Phi) is 3.82. The summed E-state index contributed by atoms with van der Waals surface area (Å²) < 4.78 is 12.1. The van der Waals surface area contributed by atoms with Crippen molar-refractivity contribution < 1.29 is 18.7 Å². The lowest BCUT2D eigenvalue weighted by Crippen LogP contribution is -2.39. The third kappa shape index (κ3) is 2.53. The molecule has 1 aliphatic carbocycles. The van der Waals surface area contributed by atoms with Crippen LogP contribution in [0.5, 0.6) is 5.75 Å². The summed E-state index contributed by atoms with van der Waals surface area (Å²) in [5.41, 5.74) is 1.53. The number of rotatable bonds is 3. The van der Waals surface area contributed by atoms with Crippen molar-refractivity contribution >= 4 is 22.7 Å². The number of amides is 1. The Morgan fingerprint density at radius 3 is 2.76 bits per heavy atom. The molecule has 0 saturated heterocycles. The number of furan rings is 1. The fraction of sp³-hybridized carbons (Fsp3) is 0.500. The Hall–Kier alpha value is -2.30. The van der Waals surface area contributed by atoms with Gasteiger partial charge < -0.3 is 14.5 Å². The van der Waals surface area contributed by atoms with Gasteiger partial charge in [-0.1, -0.05) is 6.92 Å². The number of Topliss-reactive ketones (excluding diaryl/α,β-unsaturated/α-hetero) is 1. The fourth-order valence-corrected chi connectivity index (χ4v) is 4.17. The molecule has 2 aromatic rings. The molecule has 1 aliphatic heterocycles. The molecule has 132 valence electrons. The van der Waals surface area contributed by atoms with Gasteiger partial charge in [0.05, 0.1) is 12.0 Å².